The van der Waals surface area contributed by atoms with Crippen LogP contribution in [0, 0.1) is 0 Å². The van der Waals surface area contributed by atoms with Crippen LogP contribution in [0.25, 0.3) is 0 Å². The summed E-state index contributed by atoms with van der Waals surface area (Å²) in [5.74, 6) is -1.11. The summed E-state index contributed by atoms with van der Waals surface area (Å²) in [5, 5.41) is 11.0. The number of carbonyl (C=O) groups is 1. The van der Waals surface area contributed by atoms with Crippen LogP contribution in [0.15, 0.2) is 0 Å². The van der Waals surface area contributed by atoms with Crippen LogP contribution in [0.5, 0.6) is 0 Å². The Bertz CT molecular complexity index is 244. The lowest BCUT2D eigenvalue weighted by Gasteiger charge is -2.05. The Labute approximate surface area is 71.7 Å². The maximum absolute atomic E-state index is 10.8. The number of carbonyl (C=O) groups excluding carboxylic acids is 1. The molecular formula is C6H13NO4S. The van der Waals surface area contributed by atoms with Crippen molar-refractivity contribution in [1.82, 2.24) is 5.32 Å². The van der Waals surface area contributed by atoms with Crippen molar-refractivity contribution in [3.8, 4) is 0 Å². The third-order valence-corrected chi connectivity index (χ3v) is 1.77. The molecule has 0 aromatic rings. The SMILES string of the molecule is CC(O)CNC(=O)CS(C)(=O)=O. The summed E-state index contributed by atoms with van der Waals surface area (Å²) < 4.78 is 21.1. The average molecular weight is 195 g/mol. The molecule has 1 amide bonds. The Morgan fingerprint density at radius 1 is 1.58 bits per heavy atom. The highest BCUT2D eigenvalue weighted by molar-refractivity contribution is 7.91. The summed E-state index contributed by atoms with van der Waals surface area (Å²) in [5.41, 5.74) is 0. The first-order valence-corrected chi connectivity index (χ1v) is 5.50. The zero-order valence-electron chi connectivity index (χ0n) is 7.07. The fraction of sp³-hybridized carbons (Fsp3) is 0.833. The Morgan fingerprint density at radius 2 is 2.08 bits per heavy atom. The largest absolute Gasteiger partial charge is 0.392 e. The third-order valence-electron chi connectivity index (χ3n) is 0.988. The predicted molar refractivity (Wildman–Crippen MR) is 44.4 cm³/mol. The topological polar surface area (TPSA) is 83.5 Å². The van der Waals surface area contributed by atoms with Crippen molar-refractivity contribution in [2.24, 2.45) is 0 Å². The molecule has 0 radical (unpaired) electrons. The summed E-state index contributed by atoms with van der Waals surface area (Å²) in [6.07, 6.45) is 0.322. The van der Waals surface area contributed by atoms with Crippen LogP contribution in [0.2, 0.25) is 0 Å². The molecule has 0 rings (SSSR count). The van der Waals surface area contributed by atoms with Crippen LogP contribution < -0.4 is 5.32 Å². The molecule has 0 aliphatic heterocycles. The van der Waals surface area contributed by atoms with Crippen LogP contribution in [0.3, 0.4) is 0 Å². The molecule has 12 heavy (non-hydrogen) atoms. The van der Waals surface area contributed by atoms with Gasteiger partial charge >= 0.3 is 0 Å². The summed E-state index contributed by atoms with van der Waals surface area (Å²) >= 11 is 0. The molecule has 0 aromatic heterocycles. The van der Waals surface area contributed by atoms with Gasteiger partial charge in [0.25, 0.3) is 0 Å². The van der Waals surface area contributed by atoms with Crippen molar-refractivity contribution in [1.29, 1.82) is 0 Å². The van der Waals surface area contributed by atoms with Gasteiger partial charge in [-0.2, -0.15) is 0 Å². The first-order valence-electron chi connectivity index (χ1n) is 3.44. The smallest absolute Gasteiger partial charge is 0.235 e. The van der Waals surface area contributed by atoms with E-state index in [-0.39, 0.29) is 6.54 Å². The molecule has 1 atom stereocenters. The predicted octanol–water partition coefficient (Wildman–Crippen LogP) is -1.47. The minimum absolute atomic E-state index is 0.0777. The van der Waals surface area contributed by atoms with Gasteiger partial charge in [-0.05, 0) is 6.92 Å². The molecule has 6 heteroatoms. The van der Waals surface area contributed by atoms with Crippen molar-refractivity contribution < 1.29 is 18.3 Å². The Kier molecular flexibility index (Phi) is 4.19. The third kappa shape index (κ3) is 7.49. The molecule has 72 valence electrons. The zero-order chi connectivity index (χ0) is 9.78. The van der Waals surface area contributed by atoms with E-state index in [9.17, 15) is 13.2 Å². The maximum atomic E-state index is 10.8. The van der Waals surface area contributed by atoms with Crippen molar-refractivity contribution in [3.05, 3.63) is 0 Å². The normalized spacial score (nSPS) is 13.9. The second-order valence-corrected chi connectivity index (χ2v) is 4.86. The highest BCUT2D eigenvalue weighted by atomic mass is 32.2. The Hall–Kier alpha value is -0.620. The van der Waals surface area contributed by atoms with E-state index in [4.69, 9.17) is 5.11 Å². The molecule has 0 saturated carbocycles. The van der Waals surface area contributed by atoms with Crippen molar-refractivity contribution in [3.63, 3.8) is 0 Å². The number of hydrogen-bond donors (Lipinski definition) is 2. The van der Waals surface area contributed by atoms with Crippen LogP contribution in [-0.4, -0.2) is 44.1 Å². The lowest BCUT2D eigenvalue weighted by atomic mass is 10.4. The van der Waals surface area contributed by atoms with E-state index in [2.05, 4.69) is 5.32 Å². The average Bonchev–Trinajstić information content (AvgIpc) is 1.79. The monoisotopic (exact) mass is 195 g/mol. The van der Waals surface area contributed by atoms with Gasteiger partial charge < -0.3 is 10.4 Å². The summed E-state index contributed by atoms with van der Waals surface area (Å²) in [7, 11) is -3.26. The first-order chi connectivity index (χ1) is 5.31. The van der Waals surface area contributed by atoms with E-state index in [0.717, 1.165) is 6.26 Å². The number of amides is 1. The van der Waals surface area contributed by atoms with E-state index < -0.39 is 27.6 Å². The van der Waals surface area contributed by atoms with Crippen LogP contribution in [-0.2, 0) is 14.6 Å². The van der Waals surface area contributed by atoms with Gasteiger partial charge in [0.15, 0.2) is 9.84 Å². The van der Waals surface area contributed by atoms with Gasteiger partial charge in [0.2, 0.25) is 5.91 Å². The lowest BCUT2D eigenvalue weighted by molar-refractivity contribution is -0.119. The highest BCUT2D eigenvalue weighted by Crippen LogP contribution is 1.82. The van der Waals surface area contributed by atoms with Gasteiger partial charge in [0.1, 0.15) is 5.75 Å². The first kappa shape index (κ1) is 11.4. The van der Waals surface area contributed by atoms with Gasteiger partial charge in [-0.3, -0.25) is 4.79 Å². The molecule has 5 nitrogen and oxygen atoms in total. The number of sulfone groups is 1. The number of aliphatic hydroxyl groups is 1. The molecule has 0 bridgehead atoms. The molecule has 0 aliphatic carbocycles. The van der Waals surface area contributed by atoms with E-state index in [0.29, 0.717) is 0 Å². The fourth-order valence-electron chi connectivity index (χ4n) is 0.551. The van der Waals surface area contributed by atoms with Gasteiger partial charge in [-0.25, -0.2) is 8.42 Å². The van der Waals surface area contributed by atoms with E-state index in [1.54, 1.807) is 0 Å². The number of hydrogen-bond acceptors (Lipinski definition) is 4. The molecule has 0 aliphatic rings. The summed E-state index contributed by atoms with van der Waals surface area (Å²) in [6.45, 7) is 1.58. The van der Waals surface area contributed by atoms with E-state index >= 15 is 0 Å². The van der Waals surface area contributed by atoms with Gasteiger partial charge in [0.05, 0.1) is 6.10 Å². The molecule has 2 N–H and O–H groups in total. The summed E-state index contributed by atoms with van der Waals surface area (Å²) in [4.78, 5) is 10.8. The maximum Gasteiger partial charge on any atom is 0.235 e. The van der Waals surface area contributed by atoms with Gasteiger partial charge in [-0.1, -0.05) is 0 Å². The quantitative estimate of drug-likeness (QED) is 0.573. The molecule has 0 spiro atoms. The van der Waals surface area contributed by atoms with Crippen molar-refractivity contribution in [2.45, 2.75) is 13.0 Å². The molecular weight excluding hydrogens is 182 g/mol. The van der Waals surface area contributed by atoms with E-state index in [1.807, 2.05) is 0 Å². The molecule has 1 unspecified atom stereocenters. The minimum Gasteiger partial charge on any atom is -0.392 e. The number of rotatable bonds is 4. The Balaban J connectivity index is 3.77. The van der Waals surface area contributed by atoms with Gasteiger partial charge in [0, 0.05) is 12.8 Å². The standard InChI is InChI=1S/C6H13NO4S/c1-5(8)3-7-6(9)4-12(2,10)11/h5,8H,3-4H2,1-2H3,(H,7,9). The lowest BCUT2D eigenvalue weighted by Crippen LogP contribution is -2.34. The summed E-state index contributed by atoms with van der Waals surface area (Å²) in [6, 6.07) is 0. The van der Waals surface area contributed by atoms with Crippen molar-refractivity contribution >= 4 is 15.7 Å². The van der Waals surface area contributed by atoms with E-state index in [1.165, 1.54) is 6.92 Å². The van der Waals surface area contributed by atoms with Crippen molar-refractivity contribution in [2.75, 3.05) is 18.6 Å². The van der Waals surface area contributed by atoms with Crippen LogP contribution >= 0.6 is 0 Å². The molecule has 0 aromatic carbocycles. The van der Waals surface area contributed by atoms with Gasteiger partial charge in [-0.15, -0.1) is 0 Å². The zero-order valence-corrected chi connectivity index (χ0v) is 7.89. The van der Waals surface area contributed by atoms with Crippen LogP contribution in [0.4, 0.5) is 0 Å². The second-order valence-electron chi connectivity index (χ2n) is 2.72. The second kappa shape index (κ2) is 4.42. The number of nitrogens with one attached hydrogen (secondary N) is 1. The highest BCUT2D eigenvalue weighted by Gasteiger charge is 2.10. The molecule has 0 saturated heterocycles. The number of aliphatic hydroxyl groups excluding tert-OH is 1. The molecule has 0 heterocycles. The molecule has 0 fully saturated rings. The Morgan fingerprint density at radius 3 is 2.42 bits per heavy atom. The fourth-order valence-corrected chi connectivity index (χ4v) is 1.13. The minimum atomic E-state index is -3.26. The van der Waals surface area contributed by atoms with Crippen LogP contribution in [0.1, 0.15) is 6.92 Å².